The molecule has 1 aliphatic rings. The van der Waals surface area contributed by atoms with Gasteiger partial charge in [0.15, 0.2) is 0 Å². The van der Waals surface area contributed by atoms with Gasteiger partial charge in [-0.15, -0.1) is 0 Å². The number of nitrogens with one attached hydrogen (secondary N) is 1. The third-order valence-electron chi connectivity index (χ3n) is 3.67. The zero-order valence-corrected chi connectivity index (χ0v) is 13.1. The first-order valence-corrected chi connectivity index (χ1v) is 7.48. The molecule has 0 saturated carbocycles. The molecule has 0 fully saturated rings. The van der Waals surface area contributed by atoms with Crippen LogP contribution in [0.25, 0.3) is 0 Å². The Morgan fingerprint density at radius 2 is 2.00 bits per heavy atom. The molecular formula is C16H19ClN2O3. The van der Waals surface area contributed by atoms with E-state index in [9.17, 15) is 14.7 Å². The van der Waals surface area contributed by atoms with Crippen LogP contribution in [0.3, 0.4) is 0 Å². The van der Waals surface area contributed by atoms with Crippen LogP contribution < -0.4 is 5.32 Å². The number of nitrogens with zero attached hydrogens (tertiary/aromatic N) is 1. The van der Waals surface area contributed by atoms with E-state index in [2.05, 4.69) is 5.32 Å². The van der Waals surface area contributed by atoms with Crippen molar-refractivity contribution in [2.45, 2.75) is 25.3 Å². The molecule has 118 valence electrons. The number of aliphatic carboxylic acids is 1. The maximum atomic E-state index is 12.3. The summed E-state index contributed by atoms with van der Waals surface area (Å²) in [6, 6.07) is 6.58. The van der Waals surface area contributed by atoms with Crippen molar-refractivity contribution in [1.82, 2.24) is 10.2 Å². The van der Waals surface area contributed by atoms with Crippen molar-refractivity contribution in [3.63, 3.8) is 0 Å². The minimum atomic E-state index is -1.37. The van der Waals surface area contributed by atoms with Crippen LogP contribution in [0.5, 0.6) is 0 Å². The molecule has 0 radical (unpaired) electrons. The molecule has 1 aromatic rings. The lowest BCUT2D eigenvalue weighted by molar-refractivity contribution is -0.143. The Hall–Kier alpha value is -2.01. The fourth-order valence-corrected chi connectivity index (χ4v) is 2.45. The fourth-order valence-electron chi connectivity index (χ4n) is 2.32. The Morgan fingerprint density at radius 3 is 2.55 bits per heavy atom. The highest BCUT2D eigenvalue weighted by Crippen LogP contribution is 2.17. The van der Waals surface area contributed by atoms with Crippen molar-refractivity contribution < 1.29 is 14.7 Å². The molecule has 2 N–H and O–H groups in total. The Kier molecular flexibility index (Phi) is 5.08. The van der Waals surface area contributed by atoms with Gasteiger partial charge in [0.05, 0.1) is 0 Å². The molecule has 6 heteroatoms. The molecule has 1 atom stereocenters. The predicted molar refractivity (Wildman–Crippen MR) is 85.1 cm³/mol. The summed E-state index contributed by atoms with van der Waals surface area (Å²) < 4.78 is 0. The van der Waals surface area contributed by atoms with Gasteiger partial charge < -0.3 is 15.3 Å². The highest BCUT2D eigenvalue weighted by atomic mass is 35.5. The highest BCUT2D eigenvalue weighted by molar-refractivity contribution is 6.30. The van der Waals surface area contributed by atoms with E-state index in [4.69, 9.17) is 11.6 Å². The lowest BCUT2D eigenvalue weighted by atomic mass is 9.93. The first-order chi connectivity index (χ1) is 10.4. The summed E-state index contributed by atoms with van der Waals surface area (Å²) in [4.78, 5) is 25.5. The molecule has 1 aromatic carbocycles. The Balaban J connectivity index is 2.10. The molecule has 1 heterocycles. The van der Waals surface area contributed by atoms with Gasteiger partial charge in [0.25, 0.3) is 0 Å². The maximum Gasteiger partial charge on any atom is 0.329 e. The number of rotatable bonds is 4. The topological polar surface area (TPSA) is 69.6 Å². The number of urea groups is 1. The maximum absolute atomic E-state index is 12.3. The van der Waals surface area contributed by atoms with E-state index < -0.39 is 11.5 Å². The van der Waals surface area contributed by atoms with E-state index in [0.717, 1.165) is 12.0 Å². The van der Waals surface area contributed by atoms with E-state index in [1.165, 1.54) is 6.92 Å². The summed E-state index contributed by atoms with van der Waals surface area (Å²) >= 11 is 5.83. The lowest BCUT2D eigenvalue weighted by Crippen LogP contribution is -2.57. The average Bonchev–Trinajstić information content (AvgIpc) is 2.50. The average molecular weight is 323 g/mol. The van der Waals surface area contributed by atoms with Crippen molar-refractivity contribution >= 4 is 23.6 Å². The Labute approximate surface area is 134 Å². The predicted octanol–water partition coefficient (Wildman–Crippen LogP) is 2.70. The lowest BCUT2D eigenvalue weighted by Gasteiger charge is -2.31. The molecule has 0 bridgehead atoms. The molecule has 0 saturated heterocycles. The molecule has 1 unspecified atom stereocenters. The molecule has 0 aromatic heterocycles. The number of amides is 2. The number of halogens is 1. The minimum absolute atomic E-state index is 0.189. The second kappa shape index (κ2) is 6.83. The van der Waals surface area contributed by atoms with Crippen molar-refractivity contribution in [3.8, 4) is 0 Å². The number of carboxylic acid groups (broad SMARTS) is 1. The number of carbonyl (C=O) groups excluding carboxylic acids is 1. The van der Waals surface area contributed by atoms with E-state index in [0.29, 0.717) is 18.1 Å². The Bertz CT molecular complexity index is 586. The molecule has 2 rings (SSSR count). The molecule has 0 aliphatic carbocycles. The van der Waals surface area contributed by atoms with Crippen LogP contribution >= 0.6 is 11.6 Å². The van der Waals surface area contributed by atoms with Crippen LogP contribution in [0.4, 0.5) is 4.79 Å². The first-order valence-electron chi connectivity index (χ1n) is 7.11. The normalized spacial score (nSPS) is 16.9. The van der Waals surface area contributed by atoms with E-state index in [-0.39, 0.29) is 12.5 Å². The van der Waals surface area contributed by atoms with Gasteiger partial charge in [-0.1, -0.05) is 35.9 Å². The van der Waals surface area contributed by atoms with E-state index in [1.807, 2.05) is 12.2 Å². The van der Waals surface area contributed by atoms with Gasteiger partial charge >= 0.3 is 12.0 Å². The molecule has 2 amide bonds. The molecule has 1 aliphatic heterocycles. The van der Waals surface area contributed by atoms with Gasteiger partial charge in [-0.2, -0.15) is 0 Å². The number of carboxylic acids is 1. The quantitative estimate of drug-likeness (QED) is 0.837. The number of hydrogen-bond acceptors (Lipinski definition) is 2. The Morgan fingerprint density at radius 1 is 1.32 bits per heavy atom. The standard InChI is InChI=1S/C16H19ClN2O3/c1-16(14(20)21,11-12-5-7-13(17)8-6-12)18-15(22)19-9-3-2-4-10-19/h2-3,5-8H,4,9-11H2,1H3,(H,18,22)(H,20,21). The van der Waals surface area contributed by atoms with Crippen LogP contribution in [0.15, 0.2) is 36.4 Å². The molecular weight excluding hydrogens is 304 g/mol. The monoisotopic (exact) mass is 322 g/mol. The van der Waals surface area contributed by atoms with Gasteiger partial charge in [-0.25, -0.2) is 9.59 Å². The van der Waals surface area contributed by atoms with Gasteiger partial charge in [-0.3, -0.25) is 0 Å². The van der Waals surface area contributed by atoms with Gasteiger partial charge in [0.1, 0.15) is 5.54 Å². The van der Waals surface area contributed by atoms with Crippen molar-refractivity contribution in [3.05, 3.63) is 47.0 Å². The largest absolute Gasteiger partial charge is 0.480 e. The van der Waals surface area contributed by atoms with Crippen LogP contribution in [0.1, 0.15) is 18.9 Å². The van der Waals surface area contributed by atoms with Crippen molar-refractivity contribution in [1.29, 1.82) is 0 Å². The molecule has 5 nitrogen and oxygen atoms in total. The van der Waals surface area contributed by atoms with Crippen LogP contribution in [0.2, 0.25) is 5.02 Å². The van der Waals surface area contributed by atoms with Crippen LogP contribution in [-0.2, 0) is 11.2 Å². The summed E-state index contributed by atoms with van der Waals surface area (Å²) in [6.07, 6.45) is 4.89. The smallest absolute Gasteiger partial charge is 0.329 e. The van der Waals surface area contributed by atoms with Gasteiger partial charge in [0, 0.05) is 24.5 Å². The number of benzene rings is 1. The zero-order valence-electron chi connectivity index (χ0n) is 12.4. The third kappa shape index (κ3) is 4.01. The fraction of sp³-hybridized carbons (Fsp3) is 0.375. The molecule has 0 spiro atoms. The second-order valence-corrected chi connectivity index (χ2v) is 6.01. The SMILES string of the molecule is CC(Cc1ccc(Cl)cc1)(NC(=O)N1CC=CCC1)C(=O)O. The number of hydrogen-bond donors (Lipinski definition) is 2. The van der Waals surface area contributed by atoms with Crippen LogP contribution in [0, 0.1) is 0 Å². The van der Waals surface area contributed by atoms with E-state index in [1.54, 1.807) is 29.2 Å². The highest BCUT2D eigenvalue weighted by Gasteiger charge is 2.36. The van der Waals surface area contributed by atoms with Gasteiger partial charge in [0.2, 0.25) is 0 Å². The summed E-state index contributed by atoms with van der Waals surface area (Å²) in [5.41, 5.74) is -0.570. The third-order valence-corrected chi connectivity index (χ3v) is 3.92. The number of carbonyl (C=O) groups is 2. The van der Waals surface area contributed by atoms with Gasteiger partial charge in [-0.05, 0) is 31.0 Å². The first kappa shape index (κ1) is 16.4. The second-order valence-electron chi connectivity index (χ2n) is 5.58. The minimum Gasteiger partial charge on any atom is -0.480 e. The summed E-state index contributed by atoms with van der Waals surface area (Å²) in [6.45, 7) is 2.61. The summed E-state index contributed by atoms with van der Waals surface area (Å²) in [7, 11) is 0. The van der Waals surface area contributed by atoms with Crippen molar-refractivity contribution in [2.75, 3.05) is 13.1 Å². The van der Waals surface area contributed by atoms with Crippen molar-refractivity contribution in [2.24, 2.45) is 0 Å². The van der Waals surface area contributed by atoms with Crippen LogP contribution in [-0.4, -0.2) is 40.6 Å². The zero-order chi connectivity index (χ0) is 16.2. The summed E-state index contributed by atoms with van der Waals surface area (Å²) in [5, 5.41) is 12.8. The summed E-state index contributed by atoms with van der Waals surface area (Å²) in [5.74, 6) is -1.07. The van der Waals surface area contributed by atoms with E-state index >= 15 is 0 Å². The molecule has 22 heavy (non-hydrogen) atoms.